The third kappa shape index (κ3) is 3.84. The molecule has 1 heterocycles. The fourth-order valence-electron chi connectivity index (χ4n) is 2.94. The van der Waals surface area contributed by atoms with Crippen LogP contribution in [0.15, 0.2) is 72.9 Å². The van der Waals surface area contributed by atoms with E-state index in [4.69, 9.17) is 27.9 Å². The molecule has 0 aliphatic heterocycles. The van der Waals surface area contributed by atoms with Gasteiger partial charge in [-0.1, -0.05) is 53.5 Å². The Kier molecular flexibility index (Phi) is 5.24. The van der Waals surface area contributed by atoms with Crippen molar-refractivity contribution in [1.82, 2.24) is 10.2 Å². The summed E-state index contributed by atoms with van der Waals surface area (Å²) in [6.45, 7) is 0.380. The van der Waals surface area contributed by atoms with Crippen LogP contribution in [0.2, 0.25) is 10.0 Å². The van der Waals surface area contributed by atoms with Crippen LogP contribution in [0, 0.1) is 0 Å². The molecule has 2 N–H and O–H groups in total. The molecular weight excluding hydrogens is 395 g/mol. The van der Waals surface area contributed by atoms with E-state index in [2.05, 4.69) is 10.2 Å². The second-order valence-corrected chi connectivity index (χ2v) is 7.08. The fraction of sp³-hybridized carbons (Fsp3) is 0.0455. The molecule has 140 valence electrons. The van der Waals surface area contributed by atoms with Gasteiger partial charge in [-0.15, -0.1) is 0 Å². The number of hydrogen-bond donors (Lipinski definition) is 2. The molecule has 6 heteroatoms. The van der Waals surface area contributed by atoms with Crippen LogP contribution in [-0.2, 0) is 6.61 Å². The van der Waals surface area contributed by atoms with E-state index in [9.17, 15) is 5.11 Å². The highest BCUT2D eigenvalue weighted by Crippen LogP contribution is 2.39. The van der Waals surface area contributed by atoms with Crippen molar-refractivity contribution >= 4 is 23.2 Å². The Hall–Kier alpha value is -2.95. The van der Waals surface area contributed by atoms with E-state index in [0.29, 0.717) is 33.7 Å². The first kappa shape index (κ1) is 18.4. The van der Waals surface area contributed by atoms with E-state index in [1.165, 1.54) is 0 Å². The number of benzene rings is 3. The number of phenolic OH excluding ortho intramolecular Hbond substituents is 1. The molecule has 1 aromatic heterocycles. The summed E-state index contributed by atoms with van der Waals surface area (Å²) in [5.41, 5.74) is 3.95. The monoisotopic (exact) mass is 410 g/mol. The van der Waals surface area contributed by atoms with Crippen LogP contribution in [0.1, 0.15) is 5.56 Å². The first-order chi connectivity index (χ1) is 13.6. The number of aromatic nitrogens is 2. The Morgan fingerprint density at radius 1 is 0.893 bits per heavy atom. The fourth-order valence-corrected chi connectivity index (χ4v) is 3.30. The van der Waals surface area contributed by atoms with E-state index < -0.39 is 0 Å². The maximum absolute atomic E-state index is 10.6. The normalized spacial score (nSPS) is 10.8. The summed E-state index contributed by atoms with van der Waals surface area (Å²) in [6.07, 6.45) is 1.70. The Bertz CT molecular complexity index is 1110. The van der Waals surface area contributed by atoms with Crippen LogP contribution >= 0.6 is 23.2 Å². The molecule has 4 nitrogen and oxygen atoms in total. The lowest BCUT2D eigenvalue weighted by Gasteiger charge is -2.10. The summed E-state index contributed by atoms with van der Waals surface area (Å²) in [4.78, 5) is 0. The summed E-state index contributed by atoms with van der Waals surface area (Å²) in [5, 5.41) is 18.9. The predicted molar refractivity (Wildman–Crippen MR) is 112 cm³/mol. The Labute approximate surface area is 172 Å². The molecule has 0 unspecified atom stereocenters. The van der Waals surface area contributed by atoms with Crippen molar-refractivity contribution in [3.63, 3.8) is 0 Å². The highest BCUT2D eigenvalue weighted by atomic mass is 35.5. The number of phenols is 1. The Balaban J connectivity index is 1.58. The first-order valence-electron chi connectivity index (χ1n) is 8.61. The summed E-state index contributed by atoms with van der Waals surface area (Å²) in [5.74, 6) is 0.654. The topological polar surface area (TPSA) is 58.1 Å². The zero-order valence-corrected chi connectivity index (χ0v) is 16.2. The van der Waals surface area contributed by atoms with Crippen LogP contribution in [0.4, 0.5) is 0 Å². The molecule has 0 bridgehead atoms. The maximum atomic E-state index is 10.6. The summed E-state index contributed by atoms with van der Waals surface area (Å²) in [6, 6.07) is 20.1. The number of aromatic hydroxyl groups is 1. The number of rotatable bonds is 5. The van der Waals surface area contributed by atoms with Crippen LogP contribution in [-0.4, -0.2) is 15.3 Å². The van der Waals surface area contributed by atoms with Gasteiger partial charge < -0.3 is 9.84 Å². The van der Waals surface area contributed by atoms with Gasteiger partial charge in [0.05, 0.1) is 11.9 Å². The number of aromatic amines is 1. The molecule has 0 radical (unpaired) electrons. The van der Waals surface area contributed by atoms with E-state index in [0.717, 1.165) is 16.7 Å². The molecule has 0 aliphatic rings. The minimum atomic E-state index is 0.0890. The van der Waals surface area contributed by atoms with Crippen LogP contribution in [0.25, 0.3) is 22.4 Å². The molecule has 4 rings (SSSR count). The maximum Gasteiger partial charge on any atom is 0.128 e. The lowest BCUT2D eigenvalue weighted by atomic mass is 10.0. The molecule has 0 atom stereocenters. The van der Waals surface area contributed by atoms with Crippen molar-refractivity contribution in [3.05, 3.63) is 88.5 Å². The van der Waals surface area contributed by atoms with Gasteiger partial charge in [0.1, 0.15) is 18.1 Å². The van der Waals surface area contributed by atoms with E-state index >= 15 is 0 Å². The van der Waals surface area contributed by atoms with E-state index in [-0.39, 0.29) is 5.75 Å². The third-order valence-corrected chi connectivity index (χ3v) is 4.94. The molecule has 0 spiro atoms. The lowest BCUT2D eigenvalue weighted by molar-refractivity contribution is 0.304. The van der Waals surface area contributed by atoms with E-state index in [1.54, 1.807) is 18.3 Å². The second kappa shape index (κ2) is 7.97. The van der Waals surface area contributed by atoms with Gasteiger partial charge in [-0.05, 0) is 35.9 Å². The molecule has 0 fully saturated rings. The van der Waals surface area contributed by atoms with E-state index in [1.807, 2.05) is 54.6 Å². The van der Waals surface area contributed by atoms with Gasteiger partial charge in [0.25, 0.3) is 0 Å². The zero-order valence-electron chi connectivity index (χ0n) is 14.7. The van der Waals surface area contributed by atoms with Gasteiger partial charge in [0.15, 0.2) is 0 Å². The lowest BCUT2D eigenvalue weighted by Crippen LogP contribution is -1.95. The minimum absolute atomic E-state index is 0.0890. The Morgan fingerprint density at radius 3 is 2.43 bits per heavy atom. The smallest absolute Gasteiger partial charge is 0.128 e. The summed E-state index contributed by atoms with van der Waals surface area (Å²) >= 11 is 12.2. The molecule has 0 saturated heterocycles. The number of nitrogens with one attached hydrogen (secondary N) is 1. The quantitative estimate of drug-likeness (QED) is 0.403. The summed E-state index contributed by atoms with van der Waals surface area (Å²) in [7, 11) is 0. The van der Waals surface area contributed by atoms with Crippen LogP contribution in [0.3, 0.4) is 0 Å². The summed E-state index contributed by atoms with van der Waals surface area (Å²) < 4.78 is 5.77. The van der Waals surface area contributed by atoms with Crippen molar-refractivity contribution in [3.8, 4) is 33.9 Å². The van der Waals surface area contributed by atoms with Gasteiger partial charge in [-0.2, -0.15) is 5.10 Å². The van der Waals surface area contributed by atoms with Crippen molar-refractivity contribution < 1.29 is 9.84 Å². The molecule has 0 aliphatic carbocycles. The molecule has 0 amide bonds. The molecule has 28 heavy (non-hydrogen) atoms. The molecule has 3 aromatic carbocycles. The second-order valence-electron chi connectivity index (χ2n) is 6.23. The zero-order chi connectivity index (χ0) is 19.5. The van der Waals surface area contributed by atoms with Gasteiger partial charge in [0, 0.05) is 32.8 Å². The largest absolute Gasteiger partial charge is 0.507 e. The molecular formula is C22H16Cl2N2O2. The first-order valence-corrected chi connectivity index (χ1v) is 9.36. The average molecular weight is 411 g/mol. The van der Waals surface area contributed by atoms with Crippen molar-refractivity contribution in [1.29, 1.82) is 0 Å². The van der Waals surface area contributed by atoms with Gasteiger partial charge in [0.2, 0.25) is 0 Å². The average Bonchev–Trinajstić information content (AvgIpc) is 3.17. The Morgan fingerprint density at radius 2 is 1.68 bits per heavy atom. The SMILES string of the molecule is Oc1cc(OCc2ccc(Cl)cc2)ccc1-c1[nH]ncc1-c1ccccc1Cl. The van der Waals surface area contributed by atoms with Crippen LogP contribution < -0.4 is 4.74 Å². The van der Waals surface area contributed by atoms with Crippen molar-refractivity contribution in [2.75, 3.05) is 0 Å². The van der Waals surface area contributed by atoms with Gasteiger partial charge in [-0.3, -0.25) is 5.10 Å². The van der Waals surface area contributed by atoms with Crippen LogP contribution in [0.5, 0.6) is 11.5 Å². The molecule has 4 aromatic rings. The predicted octanol–water partition coefficient (Wildman–Crippen LogP) is 6.34. The number of H-pyrrole nitrogens is 1. The standard InChI is InChI=1S/C22H16Cl2N2O2/c23-15-7-5-14(6-8-15)13-28-16-9-10-18(21(27)11-16)22-19(12-25-26-22)17-3-1-2-4-20(17)24/h1-12,27H,13H2,(H,25,26). The highest BCUT2D eigenvalue weighted by molar-refractivity contribution is 6.33. The number of halogens is 2. The number of hydrogen-bond acceptors (Lipinski definition) is 3. The van der Waals surface area contributed by atoms with Crippen molar-refractivity contribution in [2.45, 2.75) is 6.61 Å². The number of nitrogens with zero attached hydrogens (tertiary/aromatic N) is 1. The van der Waals surface area contributed by atoms with Gasteiger partial charge in [-0.25, -0.2) is 0 Å². The highest BCUT2D eigenvalue weighted by Gasteiger charge is 2.15. The minimum Gasteiger partial charge on any atom is -0.507 e. The third-order valence-electron chi connectivity index (χ3n) is 4.36. The van der Waals surface area contributed by atoms with Crippen molar-refractivity contribution in [2.24, 2.45) is 0 Å². The number of ether oxygens (including phenoxy) is 1. The van der Waals surface area contributed by atoms with Gasteiger partial charge >= 0.3 is 0 Å². The molecule has 0 saturated carbocycles.